The fourth-order valence-electron chi connectivity index (χ4n) is 4.22. The van der Waals surface area contributed by atoms with E-state index >= 15 is 0 Å². The summed E-state index contributed by atoms with van der Waals surface area (Å²) in [6.45, 7) is 4.65. The van der Waals surface area contributed by atoms with E-state index in [9.17, 15) is 0 Å². The van der Waals surface area contributed by atoms with E-state index in [1.807, 2.05) is 0 Å². The molecule has 2 heterocycles. The summed E-state index contributed by atoms with van der Waals surface area (Å²) in [5.74, 6) is 7.42. The van der Waals surface area contributed by atoms with Crippen LogP contribution < -0.4 is 11.3 Å². The molecule has 4 unspecified atom stereocenters. The molecule has 0 saturated carbocycles. The molecule has 0 aromatic heterocycles. The van der Waals surface area contributed by atoms with E-state index < -0.39 is 0 Å². The Morgan fingerprint density at radius 2 is 1.89 bits per heavy atom. The van der Waals surface area contributed by atoms with E-state index in [1.165, 1.54) is 44.9 Å². The lowest BCUT2D eigenvalue weighted by Gasteiger charge is -2.40. The van der Waals surface area contributed by atoms with Crippen molar-refractivity contribution in [1.82, 2.24) is 10.3 Å². The average Bonchev–Trinajstić information content (AvgIpc) is 2.58. The maximum Gasteiger partial charge on any atom is 0.0242 e. The van der Waals surface area contributed by atoms with Gasteiger partial charge in [-0.3, -0.25) is 11.3 Å². The van der Waals surface area contributed by atoms with Crippen molar-refractivity contribution in [3.8, 4) is 0 Å². The topological polar surface area (TPSA) is 41.3 Å². The highest BCUT2D eigenvalue weighted by Crippen LogP contribution is 2.39. The number of nitrogens with two attached hydrogens (primary N) is 1. The maximum atomic E-state index is 5.83. The van der Waals surface area contributed by atoms with Crippen LogP contribution in [0.15, 0.2) is 0 Å². The molecule has 0 spiro atoms. The third kappa shape index (κ3) is 3.06. The van der Waals surface area contributed by atoms with Crippen LogP contribution in [-0.4, -0.2) is 30.1 Å². The van der Waals surface area contributed by atoms with Crippen LogP contribution in [0.5, 0.6) is 0 Å². The summed E-state index contributed by atoms with van der Waals surface area (Å²) in [7, 11) is 2.31. The standard InChI is InChI=1S/C15H31N3/c1-4-5-11(2)8-15(17-16)12-9-13-6-7-14(10-12)18(13)3/h11-15,17H,4-10,16H2,1-3H3. The molecular weight excluding hydrogens is 222 g/mol. The first-order valence-corrected chi connectivity index (χ1v) is 7.83. The van der Waals surface area contributed by atoms with Crippen molar-refractivity contribution >= 4 is 0 Å². The lowest BCUT2D eigenvalue weighted by Crippen LogP contribution is -2.49. The SMILES string of the molecule is CCCC(C)CC(NN)C1CC2CCC(C1)N2C. The Kier molecular flexibility index (Phi) is 5.05. The summed E-state index contributed by atoms with van der Waals surface area (Å²) < 4.78 is 0. The first kappa shape index (κ1) is 14.3. The van der Waals surface area contributed by atoms with E-state index in [0.717, 1.165) is 23.9 Å². The van der Waals surface area contributed by atoms with Crippen molar-refractivity contribution in [2.45, 2.75) is 76.9 Å². The van der Waals surface area contributed by atoms with Crippen LogP contribution >= 0.6 is 0 Å². The van der Waals surface area contributed by atoms with Crippen LogP contribution in [-0.2, 0) is 0 Å². The van der Waals surface area contributed by atoms with Gasteiger partial charge in [0.25, 0.3) is 0 Å². The molecule has 2 aliphatic rings. The Hall–Kier alpha value is -0.120. The number of hydrogen-bond acceptors (Lipinski definition) is 3. The van der Waals surface area contributed by atoms with Crippen molar-refractivity contribution in [1.29, 1.82) is 0 Å². The number of fused-ring (bicyclic) bond motifs is 2. The van der Waals surface area contributed by atoms with Gasteiger partial charge in [0.05, 0.1) is 0 Å². The number of hydrogen-bond donors (Lipinski definition) is 2. The monoisotopic (exact) mass is 253 g/mol. The molecule has 2 bridgehead atoms. The Labute approximate surface area is 112 Å². The van der Waals surface area contributed by atoms with Gasteiger partial charge in [-0.15, -0.1) is 0 Å². The molecule has 2 aliphatic heterocycles. The van der Waals surface area contributed by atoms with E-state index in [-0.39, 0.29) is 0 Å². The van der Waals surface area contributed by atoms with Crippen LogP contribution in [0.2, 0.25) is 0 Å². The van der Waals surface area contributed by atoms with Crippen LogP contribution in [0.4, 0.5) is 0 Å². The Balaban J connectivity index is 1.89. The molecule has 3 heteroatoms. The normalized spacial score (nSPS) is 35.7. The van der Waals surface area contributed by atoms with E-state index in [2.05, 4.69) is 31.2 Å². The quantitative estimate of drug-likeness (QED) is 0.564. The second-order valence-corrected chi connectivity index (χ2v) is 6.68. The van der Waals surface area contributed by atoms with Crippen LogP contribution in [0.3, 0.4) is 0 Å². The van der Waals surface area contributed by atoms with Gasteiger partial charge in [-0.1, -0.05) is 26.7 Å². The summed E-state index contributed by atoms with van der Waals surface area (Å²) in [4.78, 5) is 2.61. The number of hydrazine groups is 1. The minimum Gasteiger partial charge on any atom is -0.300 e. The molecular formula is C15H31N3. The second-order valence-electron chi connectivity index (χ2n) is 6.68. The third-order valence-corrected chi connectivity index (χ3v) is 5.36. The predicted octanol–water partition coefficient (Wildman–Crippen LogP) is 2.52. The Morgan fingerprint density at radius 1 is 1.28 bits per heavy atom. The van der Waals surface area contributed by atoms with E-state index in [1.54, 1.807) is 0 Å². The molecule has 4 atom stereocenters. The summed E-state index contributed by atoms with van der Waals surface area (Å²) in [6.07, 6.45) is 9.37. The first-order valence-electron chi connectivity index (χ1n) is 7.83. The van der Waals surface area contributed by atoms with Gasteiger partial charge in [0, 0.05) is 18.1 Å². The fraction of sp³-hybridized carbons (Fsp3) is 1.00. The van der Waals surface area contributed by atoms with Crippen LogP contribution in [0.1, 0.15) is 58.8 Å². The summed E-state index contributed by atoms with van der Waals surface area (Å²) in [6, 6.07) is 2.18. The summed E-state index contributed by atoms with van der Waals surface area (Å²) >= 11 is 0. The zero-order valence-electron chi connectivity index (χ0n) is 12.4. The molecule has 0 amide bonds. The minimum atomic E-state index is 0.531. The van der Waals surface area contributed by atoms with Crippen molar-refractivity contribution in [2.24, 2.45) is 17.7 Å². The fourth-order valence-corrected chi connectivity index (χ4v) is 4.22. The van der Waals surface area contributed by atoms with Gasteiger partial charge in [-0.2, -0.15) is 0 Å². The highest BCUT2D eigenvalue weighted by Gasteiger charge is 2.40. The van der Waals surface area contributed by atoms with Crippen molar-refractivity contribution in [3.05, 3.63) is 0 Å². The number of rotatable bonds is 6. The van der Waals surface area contributed by atoms with Crippen molar-refractivity contribution < 1.29 is 0 Å². The smallest absolute Gasteiger partial charge is 0.0242 e. The van der Waals surface area contributed by atoms with Crippen molar-refractivity contribution in [2.75, 3.05) is 7.05 Å². The number of piperidine rings is 1. The van der Waals surface area contributed by atoms with Gasteiger partial charge in [0.15, 0.2) is 0 Å². The van der Waals surface area contributed by atoms with Crippen LogP contribution in [0.25, 0.3) is 0 Å². The molecule has 3 nitrogen and oxygen atoms in total. The highest BCUT2D eigenvalue weighted by atomic mass is 15.2. The maximum absolute atomic E-state index is 5.83. The molecule has 3 N–H and O–H groups in total. The van der Waals surface area contributed by atoms with Crippen molar-refractivity contribution in [3.63, 3.8) is 0 Å². The average molecular weight is 253 g/mol. The molecule has 2 rings (SSSR count). The summed E-state index contributed by atoms with van der Waals surface area (Å²) in [5, 5.41) is 0. The highest BCUT2D eigenvalue weighted by molar-refractivity contribution is 4.96. The molecule has 2 saturated heterocycles. The Bertz CT molecular complexity index is 242. The molecule has 0 radical (unpaired) electrons. The second kappa shape index (κ2) is 6.36. The van der Waals surface area contributed by atoms with Gasteiger partial charge in [0.2, 0.25) is 0 Å². The Morgan fingerprint density at radius 3 is 2.39 bits per heavy atom. The lowest BCUT2D eigenvalue weighted by molar-refractivity contribution is 0.105. The van der Waals surface area contributed by atoms with Crippen LogP contribution in [0, 0.1) is 11.8 Å². The molecule has 0 aromatic rings. The number of nitrogens with zero attached hydrogens (tertiary/aromatic N) is 1. The van der Waals surface area contributed by atoms with Gasteiger partial charge in [0.1, 0.15) is 0 Å². The molecule has 2 fully saturated rings. The largest absolute Gasteiger partial charge is 0.300 e. The van der Waals surface area contributed by atoms with E-state index in [4.69, 9.17) is 5.84 Å². The van der Waals surface area contributed by atoms with Gasteiger partial charge < -0.3 is 4.90 Å². The third-order valence-electron chi connectivity index (χ3n) is 5.36. The number of nitrogens with one attached hydrogen (secondary N) is 1. The van der Waals surface area contributed by atoms with Gasteiger partial charge >= 0.3 is 0 Å². The predicted molar refractivity (Wildman–Crippen MR) is 77.1 cm³/mol. The minimum absolute atomic E-state index is 0.531. The first-order chi connectivity index (χ1) is 8.65. The molecule has 18 heavy (non-hydrogen) atoms. The van der Waals surface area contributed by atoms with Gasteiger partial charge in [-0.05, 0) is 51.0 Å². The van der Waals surface area contributed by atoms with Gasteiger partial charge in [-0.25, -0.2) is 0 Å². The summed E-state index contributed by atoms with van der Waals surface area (Å²) in [5.41, 5.74) is 3.13. The molecule has 106 valence electrons. The molecule has 0 aliphatic carbocycles. The lowest BCUT2D eigenvalue weighted by atomic mass is 9.81. The zero-order valence-corrected chi connectivity index (χ0v) is 12.4. The molecule has 0 aromatic carbocycles. The van der Waals surface area contributed by atoms with E-state index in [0.29, 0.717) is 6.04 Å². The zero-order chi connectivity index (χ0) is 13.1.